The van der Waals surface area contributed by atoms with Crippen LogP contribution in [0.3, 0.4) is 0 Å². The highest BCUT2D eigenvalue weighted by molar-refractivity contribution is 5.90. The molecule has 0 amide bonds. The van der Waals surface area contributed by atoms with Crippen LogP contribution in [0.25, 0.3) is 0 Å². The van der Waals surface area contributed by atoms with Crippen molar-refractivity contribution in [1.29, 1.82) is 0 Å². The summed E-state index contributed by atoms with van der Waals surface area (Å²) in [6.07, 6.45) is 1.77. The fourth-order valence-corrected chi connectivity index (χ4v) is 2.86. The number of halogens is 1. The smallest absolute Gasteiger partial charge is 0.317 e. The van der Waals surface area contributed by atoms with E-state index in [0.29, 0.717) is 5.92 Å². The molecule has 16 heavy (non-hydrogen) atoms. The van der Waals surface area contributed by atoms with E-state index in [4.69, 9.17) is 4.74 Å². The molecule has 2 unspecified atom stereocenters. The molecule has 1 heterocycles. The third-order valence-corrected chi connectivity index (χ3v) is 3.85. The van der Waals surface area contributed by atoms with E-state index in [0.717, 1.165) is 18.4 Å². The van der Waals surface area contributed by atoms with Gasteiger partial charge in [0.15, 0.2) is 0 Å². The SMILES string of the molecule is CCC1OC(=O)[C@@]2(c3ccc(F)cc3)CC12. The molecule has 0 N–H and O–H groups in total. The second-order valence-corrected chi connectivity index (χ2v) is 4.64. The second-order valence-electron chi connectivity index (χ2n) is 4.64. The summed E-state index contributed by atoms with van der Waals surface area (Å²) < 4.78 is 18.2. The number of fused-ring (bicyclic) bond motifs is 1. The van der Waals surface area contributed by atoms with Crippen molar-refractivity contribution >= 4 is 5.97 Å². The summed E-state index contributed by atoms with van der Waals surface area (Å²) in [7, 11) is 0. The summed E-state index contributed by atoms with van der Waals surface area (Å²) in [5, 5.41) is 0. The summed E-state index contributed by atoms with van der Waals surface area (Å²) in [4.78, 5) is 11.9. The van der Waals surface area contributed by atoms with Gasteiger partial charge in [-0.2, -0.15) is 0 Å². The molecule has 2 aliphatic rings. The van der Waals surface area contributed by atoms with Gasteiger partial charge in [0.1, 0.15) is 11.9 Å². The Balaban J connectivity index is 1.97. The molecule has 1 saturated heterocycles. The number of ether oxygens (including phenoxy) is 1. The Kier molecular flexibility index (Phi) is 1.88. The standard InChI is InChI=1S/C13H13FO2/c1-2-11-10-7-13(10,12(15)16-11)8-3-5-9(14)6-4-8/h3-6,10-11H,2,7H2,1H3/t10?,11?,13-/m1/s1. The van der Waals surface area contributed by atoms with E-state index in [1.54, 1.807) is 12.1 Å². The van der Waals surface area contributed by atoms with E-state index >= 15 is 0 Å². The number of hydrogen-bond donors (Lipinski definition) is 0. The topological polar surface area (TPSA) is 26.3 Å². The number of benzene rings is 1. The van der Waals surface area contributed by atoms with Crippen LogP contribution in [0.4, 0.5) is 4.39 Å². The van der Waals surface area contributed by atoms with Crippen molar-refractivity contribution in [3.05, 3.63) is 35.6 Å². The highest BCUT2D eigenvalue weighted by Gasteiger charge is 2.70. The first-order valence-corrected chi connectivity index (χ1v) is 5.65. The van der Waals surface area contributed by atoms with Crippen molar-refractivity contribution in [2.75, 3.05) is 0 Å². The van der Waals surface area contributed by atoms with Gasteiger partial charge < -0.3 is 4.74 Å². The van der Waals surface area contributed by atoms with E-state index in [-0.39, 0.29) is 17.9 Å². The molecule has 84 valence electrons. The van der Waals surface area contributed by atoms with Gasteiger partial charge in [0.2, 0.25) is 0 Å². The Bertz CT molecular complexity index is 440. The first-order valence-electron chi connectivity index (χ1n) is 5.65. The van der Waals surface area contributed by atoms with E-state index in [1.165, 1.54) is 12.1 Å². The van der Waals surface area contributed by atoms with Crippen molar-refractivity contribution in [3.63, 3.8) is 0 Å². The zero-order valence-corrected chi connectivity index (χ0v) is 9.07. The first kappa shape index (κ1) is 9.82. The lowest BCUT2D eigenvalue weighted by Gasteiger charge is -2.10. The van der Waals surface area contributed by atoms with E-state index in [2.05, 4.69) is 0 Å². The van der Waals surface area contributed by atoms with Crippen molar-refractivity contribution in [2.45, 2.75) is 31.3 Å². The number of esters is 1. The Morgan fingerprint density at radius 2 is 2.12 bits per heavy atom. The van der Waals surface area contributed by atoms with E-state index in [1.807, 2.05) is 6.92 Å². The third kappa shape index (κ3) is 1.09. The van der Waals surface area contributed by atoms with Crippen LogP contribution in [0.1, 0.15) is 25.3 Å². The van der Waals surface area contributed by atoms with Crippen LogP contribution < -0.4 is 0 Å². The quantitative estimate of drug-likeness (QED) is 0.715. The molecule has 0 bridgehead atoms. The number of cyclic esters (lactones) is 1. The molecule has 1 saturated carbocycles. The molecule has 1 aromatic rings. The van der Waals surface area contributed by atoms with Crippen LogP contribution >= 0.6 is 0 Å². The zero-order chi connectivity index (χ0) is 11.3. The fourth-order valence-electron chi connectivity index (χ4n) is 2.86. The second kappa shape index (κ2) is 3.06. The molecule has 2 fully saturated rings. The average molecular weight is 220 g/mol. The summed E-state index contributed by atoms with van der Waals surface area (Å²) in [5.41, 5.74) is 0.453. The predicted octanol–water partition coefficient (Wildman–Crippen LogP) is 2.42. The fraction of sp³-hybridized carbons (Fsp3) is 0.462. The zero-order valence-electron chi connectivity index (χ0n) is 9.07. The molecule has 0 aromatic heterocycles. The van der Waals surface area contributed by atoms with Gasteiger partial charge >= 0.3 is 5.97 Å². The summed E-state index contributed by atoms with van der Waals surface area (Å²) in [6, 6.07) is 6.22. The Labute approximate surface area is 93.4 Å². The lowest BCUT2D eigenvalue weighted by Crippen LogP contribution is -2.19. The number of rotatable bonds is 2. The average Bonchev–Trinajstić information content (AvgIpc) is 2.97. The van der Waals surface area contributed by atoms with E-state index in [9.17, 15) is 9.18 Å². The van der Waals surface area contributed by atoms with Gasteiger partial charge in [0, 0.05) is 5.92 Å². The summed E-state index contributed by atoms with van der Waals surface area (Å²) in [6.45, 7) is 2.02. The first-order chi connectivity index (χ1) is 7.68. The lowest BCUT2D eigenvalue weighted by atomic mass is 9.93. The molecule has 0 radical (unpaired) electrons. The molecule has 0 spiro atoms. The van der Waals surface area contributed by atoms with Crippen molar-refractivity contribution in [3.8, 4) is 0 Å². The van der Waals surface area contributed by atoms with Gasteiger partial charge in [0.25, 0.3) is 0 Å². The van der Waals surface area contributed by atoms with Crippen LogP contribution in [0.5, 0.6) is 0 Å². The molecule has 2 nitrogen and oxygen atoms in total. The number of hydrogen-bond acceptors (Lipinski definition) is 2. The minimum absolute atomic E-state index is 0.0533. The summed E-state index contributed by atoms with van der Waals surface area (Å²) >= 11 is 0. The van der Waals surface area contributed by atoms with Crippen LogP contribution in [-0.2, 0) is 14.9 Å². The lowest BCUT2D eigenvalue weighted by molar-refractivity contribution is -0.146. The molecule has 1 aliphatic heterocycles. The molecule has 3 atom stereocenters. The van der Waals surface area contributed by atoms with Gasteiger partial charge in [-0.1, -0.05) is 19.1 Å². The van der Waals surface area contributed by atoms with Crippen molar-refractivity contribution in [2.24, 2.45) is 5.92 Å². The molecule has 3 heteroatoms. The normalized spacial score (nSPS) is 35.8. The maximum Gasteiger partial charge on any atom is 0.317 e. The highest BCUT2D eigenvalue weighted by atomic mass is 19.1. The minimum atomic E-state index is -0.450. The molecule has 1 aromatic carbocycles. The number of carbonyl (C=O) groups excluding carboxylic acids is 1. The van der Waals surface area contributed by atoms with Crippen LogP contribution in [0.2, 0.25) is 0 Å². The maximum atomic E-state index is 12.8. The van der Waals surface area contributed by atoms with Crippen LogP contribution in [-0.4, -0.2) is 12.1 Å². The predicted molar refractivity (Wildman–Crippen MR) is 56.4 cm³/mol. The maximum absolute atomic E-state index is 12.8. The van der Waals surface area contributed by atoms with Gasteiger partial charge in [-0.15, -0.1) is 0 Å². The Hall–Kier alpha value is -1.38. The minimum Gasteiger partial charge on any atom is -0.461 e. The number of carbonyl (C=O) groups is 1. The molecular formula is C13H13FO2. The van der Waals surface area contributed by atoms with Crippen LogP contribution in [0, 0.1) is 11.7 Å². The molecular weight excluding hydrogens is 207 g/mol. The largest absolute Gasteiger partial charge is 0.461 e. The van der Waals surface area contributed by atoms with Gasteiger partial charge in [0.05, 0.1) is 5.41 Å². The molecule has 1 aliphatic carbocycles. The van der Waals surface area contributed by atoms with Crippen molar-refractivity contribution in [1.82, 2.24) is 0 Å². The van der Waals surface area contributed by atoms with Crippen LogP contribution in [0.15, 0.2) is 24.3 Å². The van der Waals surface area contributed by atoms with Crippen molar-refractivity contribution < 1.29 is 13.9 Å². The summed E-state index contributed by atoms with van der Waals surface area (Å²) in [5.74, 6) is -0.0952. The van der Waals surface area contributed by atoms with Gasteiger partial charge in [-0.25, -0.2) is 4.39 Å². The highest BCUT2D eigenvalue weighted by Crippen LogP contribution is 2.62. The Morgan fingerprint density at radius 1 is 1.44 bits per heavy atom. The van der Waals surface area contributed by atoms with Gasteiger partial charge in [-0.05, 0) is 30.5 Å². The monoisotopic (exact) mass is 220 g/mol. The Morgan fingerprint density at radius 3 is 2.62 bits per heavy atom. The van der Waals surface area contributed by atoms with Gasteiger partial charge in [-0.3, -0.25) is 4.79 Å². The third-order valence-electron chi connectivity index (χ3n) is 3.85. The molecule has 3 rings (SSSR count). The van der Waals surface area contributed by atoms with E-state index < -0.39 is 5.41 Å².